The van der Waals surface area contributed by atoms with E-state index >= 15 is 0 Å². The highest BCUT2D eigenvalue weighted by molar-refractivity contribution is 6.34. The maximum absolute atomic E-state index is 5.86. The van der Waals surface area contributed by atoms with Crippen LogP contribution >= 0.6 is 0 Å². The molecular weight excluding hydrogens is 175 g/mol. The summed E-state index contributed by atoms with van der Waals surface area (Å²) in [5.74, 6) is 0. The summed E-state index contributed by atoms with van der Waals surface area (Å²) >= 11 is 0. The number of aryl methyl sites for hydroxylation is 1. The molecular formula is C10H11BN2O. The van der Waals surface area contributed by atoms with Crippen LogP contribution in [0, 0.1) is 0 Å². The Morgan fingerprint density at radius 2 is 2.29 bits per heavy atom. The lowest BCUT2D eigenvalue weighted by Gasteiger charge is -2.01. The maximum atomic E-state index is 5.86. The highest BCUT2D eigenvalue weighted by atomic mass is 16.5. The number of methoxy groups -OCH3 is 1. The number of H-pyrrole nitrogens is 1. The Morgan fingerprint density at radius 1 is 1.50 bits per heavy atom. The van der Waals surface area contributed by atoms with Gasteiger partial charge in [-0.2, -0.15) is 4.98 Å². The fourth-order valence-electron chi connectivity index (χ4n) is 1.50. The predicted molar refractivity (Wildman–Crippen MR) is 57.4 cm³/mol. The lowest BCUT2D eigenvalue weighted by molar-refractivity contribution is 0.386. The molecule has 0 bridgehead atoms. The minimum absolute atomic E-state index is 0.521. The molecule has 0 aliphatic carbocycles. The van der Waals surface area contributed by atoms with Gasteiger partial charge in [0.1, 0.15) is 7.85 Å². The first-order valence-corrected chi connectivity index (χ1v) is 4.56. The van der Waals surface area contributed by atoms with Gasteiger partial charge in [-0.05, 0) is 18.6 Å². The largest absolute Gasteiger partial charge is 0.468 e. The Hall–Kier alpha value is -1.45. The van der Waals surface area contributed by atoms with E-state index in [1.165, 1.54) is 0 Å². The number of benzene rings is 1. The Labute approximate surface area is 83.9 Å². The Balaban J connectivity index is 2.64. The van der Waals surface area contributed by atoms with Gasteiger partial charge in [0.2, 0.25) is 0 Å². The van der Waals surface area contributed by atoms with Gasteiger partial charge in [-0.15, -0.1) is 0 Å². The maximum Gasteiger partial charge on any atom is 0.294 e. The first-order chi connectivity index (χ1) is 6.74. The van der Waals surface area contributed by atoms with E-state index in [2.05, 4.69) is 16.9 Å². The molecule has 2 aromatic rings. The molecule has 0 spiro atoms. The monoisotopic (exact) mass is 186 g/mol. The van der Waals surface area contributed by atoms with E-state index in [1.54, 1.807) is 7.11 Å². The first kappa shape index (κ1) is 9.12. The van der Waals surface area contributed by atoms with Gasteiger partial charge in [0, 0.05) is 0 Å². The first-order valence-electron chi connectivity index (χ1n) is 4.56. The van der Waals surface area contributed by atoms with E-state index in [0.29, 0.717) is 6.01 Å². The van der Waals surface area contributed by atoms with Crippen molar-refractivity contribution in [1.82, 2.24) is 9.97 Å². The van der Waals surface area contributed by atoms with Gasteiger partial charge in [-0.25, -0.2) is 0 Å². The molecule has 4 heteroatoms. The van der Waals surface area contributed by atoms with Gasteiger partial charge < -0.3 is 9.72 Å². The molecule has 1 N–H and O–H groups in total. The number of imidazole rings is 1. The molecule has 0 aliphatic heterocycles. The Kier molecular flexibility index (Phi) is 2.19. The molecule has 0 aliphatic rings. The van der Waals surface area contributed by atoms with Gasteiger partial charge in [0.15, 0.2) is 0 Å². The van der Waals surface area contributed by atoms with Crippen LogP contribution in [0.2, 0.25) is 0 Å². The zero-order valence-corrected chi connectivity index (χ0v) is 8.29. The molecule has 0 atom stereocenters. The van der Waals surface area contributed by atoms with Gasteiger partial charge in [-0.1, -0.05) is 17.9 Å². The summed E-state index contributed by atoms with van der Waals surface area (Å²) in [6.45, 7) is 2.07. The summed E-state index contributed by atoms with van der Waals surface area (Å²) in [6.07, 6.45) is 0.914. The molecule has 2 rings (SSSR count). The third-order valence-corrected chi connectivity index (χ3v) is 2.30. The molecule has 70 valence electrons. The van der Waals surface area contributed by atoms with Crippen LogP contribution in [0.4, 0.5) is 0 Å². The molecule has 1 aromatic heterocycles. The van der Waals surface area contributed by atoms with Gasteiger partial charge in [0.05, 0.1) is 18.1 Å². The lowest BCUT2D eigenvalue weighted by Crippen LogP contribution is -2.08. The van der Waals surface area contributed by atoms with Crippen LogP contribution in [0.3, 0.4) is 0 Å². The van der Waals surface area contributed by atoms with Crippen molar-refractivity contribution in [3.8, 4) is 6.01 Å². The molecule has 1 aromatic carbocycles. The lowest BCUT2D eigenvalue weighted by atomic mass is 9.89. The van der Waals surface area contributed by atoms with Crippen molar-refractivity contribution in [2.45, 2.75) is 13.3 Å². The van der Waals surface area contributed by atoms with Crippen LogP contribution in [-0.4, -0.2) is 24.9 Å². The summed E-state index contributed by atoms with van der Waals surface area (Å²) in [5, 5.41) is 0. The highest BCUT2D eigenvalue weighted by Crippen LogP contribution is 2.15. The Morgan fingerprint density at radius 3 is 2.93 bits per heavy atom. The van der Waals surface area contributed by atoms with Crippen molar-refractivity contribution in [2.24, 2.45) is 0 Å². The van der Waals surface area contributed by atoms with Crippen molar-refractivity contribution in [3.63, 3.8) is 0 Å². The fourth-order valence-corrected chi connectivity index (χ4v) is 1.50. The summed E-state index contributed by atoms with van der Waals surface area (Å²) in [5.41, 5.74) is 3.72. The normalized spacial score (nSPS) is 10.7. The average Bonchev–Trinajstić information content (AvgIpc) is 2.58. The molecule has 2 radical (unpaired) electrons. The second-order valence-electron chi connectivity index (χ2n) is 3.17. The summed E-state index contributed by atoms with van der Waals surface area (Å²) in [7, 11) is 7.44. The molecule has 0 fully saturated rings. The topological polar surface area (TPSA) is 37.9 Å². The number of ether oxygens (including phenoxy) is 1. The zero-order chi connectivity index (χ0) is 10.1. The number of rotatable bonds is 2. The molecule has 0 amide bonds. The number of aromatic amines is 1. The number of hydrogen-bond donors (Lipinski definition) is 1. The molecule has 0 unspecified atom stereocenters. The van der Waals surface area contributed by atoms with E-state index in [1.807, 2.05) is 12.1 Å². The van der Waals surface area contributed by atoms with Gasteiger partial charge >= 0.3 is 0 Å². The van der Waals surface area contributed by atoms with Crippen LogP contribution < -0.4 is 10.2 Å². The number of fused-ring (bicyclic) bond motifs is 1. The third kappa shape index (κ3) is 1.37. The quantitative estimate of drug-likeness (QED) is 0.708. The summed E-state index contributed by atoms with van der Waals surface area (Å²) < 4.78 is 5.01. The minimum Gasteiger partial charge on any atom is -0.468 e. The molecule has 14 heavy (non-hydrogen) atoms. The second kappa shape index (κ2) is 3.37. The molecule has 0 saturated carbocycles. The van der Waals surface area contributed by atoms with Crippen LogP contribution in [0.25, 0.3) is 11.0 Å². The molecule has 0 saturated heterocycles. The number of nitrogens with one attached hydrogen (secondary N) is 1. The van der Waals surface area contributed by atoms with E-state index < -0.39 is 0 Å². The van der Waals surface area contributed by atoms with E-state index in [4.69, 9.17) is 12.6 Å². The van der Waals surface area contributed by atoms with E-state index in [0.717, 1.165) is 28.5 Å². The second-order valence-corrected chi connectivity index (χ2v) is 3.17. The van der Waals surface area contributed by atoms with Gasteiger partial charge in [-0.3, -0.25) is 0 Å². The van der Waals surface area contributed by atoms with Crippen LogP contribution in [0.15, 0.2) is 12.1 Å². The van der Waals surface area contributed by atoms with E-state index in [9.17, 15) is 0 Å². The zero-order valence-electron chi connectivity index (χ0n) is 8.29. The molecule has 1 heterocycles. The summed E-state index contributed by atoms with van der Waals surface area (Å²) in [6, 6.07) is 4.40. The van der Waals surface area contributed by atoms with E-state index in [-0.39, 0.29) is 0 Å². The number of aromatic nitrogens is 2. The number of nitrogens with zero attached hydrogens (tertiary/aromatic N) is 1. The number of hydrogen-bond acceptors (Lipinski definition) is 2. The van der Waals surface area contributed by atoms with Crippen molar-refractivity contribution in [3.05, 3.63) is 17.7 Å². The highest BCUT2D eigenvalue weighted by Gasteiger charge is 2.04. The van der Waals surface area contributed by atoms with Gasteiger partial charge in [0.25, 0.3) is 6.01 Å². The van der Waals surface area contributed by atoms with Crippen LogP contribution in [0.1, 0.15) is 12.5 Å². The van der Waals surface area contributed by atoms with Crippen LogP contribution in [0.5, 0.6) is 6.01 Å². The smallest absolute Gasteiger partial charge is 0.294 e. The van der Waals surface area contributed by atoms with Crippen molar-refractivity contribution in [1.29, 1.82) is 0 Å². The van der Waals surface area contributed by atoms with Crippen molar-refractivity contribution < 1.29 is 4.74 Å². The Bertz CT molecular complexity index is 464. The van der Waals surface area contributed by atoms with Crippen molar-refractivity contribution in [2.75, 3.05) is 7.11 Å². The predicted octanol–water partition coefficient (Wildman–Crippen LogP) is 0.928. The van der Waals surface area contributed by atoms with Crippen LogP contribution in [-0.2, 0) is 6.42 Å². The standard InChI is InChI=1S/C10H11BN2O/c1-3-6-4-8-9(5-7(6)11)13-10(12-8)14-2/h4-5H,3H2,1-2H3,(H,12,13). The summed E-state index contributed by atoms with van der Waals surface area (Å²) in [4.78, 5) is 7.27. The minimum atomic E-state index is 0.521. The SMILES string of the molecule is [B]c1cc2[nH]c(OC)nc2cc1CC. The van der Waals surface area contributed by atoms with Crippen molar-refractivity contribution >= 4 is 24.3 Å². The third-order valence-electron chi connectivity index (χ3n) is 2.30. The molecule has 3 nitrogen and oxygen atoms in total. The fraction of sp³-hybridized carbons (Fsp3) is 0.300. The average molecular weight is 186 g/mol.